The summed E-state index contributed by atoms with van der Waals surface area (Å²) in [6, 6.07) is 5.45. The van der Waals surface area contributed by atoms with Gasteiger partial charge in [-0.15, -0.1) is 24.2 Å². The molecule has 1 aromatic rings. The lowest BCUT2D eigenvalue weighted by atomic mass is 10.1. The largest absolute Gasteiger partial charge is 0.298 e. The van der Waals surface area contributed by atoms with Crippen LogP contribution in [0.5, 0.6) is 0 Å². The van der Waals surface area contributed by atoms with Crippen molar-refractivity contribution in [2.24, 2.45) is 0 Å². The lowest BCUT2D eigenvalue weighted by Gasteiger charge is -2.07. The number of Topliss-reactive ketones (excluding diaryl/α,β-unsaturated/α-hetero) is 1. The van der Waals surface area contributed by atoms with E-state index in [2.05, 4.69) is 28.6 Å². The number of ketones is 1. The lowest BCUT2D eigenvalue weighted by molar-refractivity contribution is -0.116. The van der Waals surface area contributed by atoms with E-state index >= 15 is 0 Å². The first-order valence-electron chi connectivity index (χ1n) is 3.64. The van der Waals surface area contributed by atoms with Crippen LogP contribution in [-0.4, -0.2) is 5.78 Å². The van der Waals surface area contributed by atoms with Crippen LogP contribution < -0.4 is 0 Å². The zero-order chi connectivity index (χ0) is 10.0. The second kappa shape index (κ2) is 4.49. The first kappa shape index (κ1) is 11.1. The van der Waals surface area contributed by atoms with Gasteiger partial charge in [0.1, 0.15) is 5.38 Å². The van der Waals surface area contributed by atoms with Gasteiger partial charge in [-0.3, -0.25) is 4.79 Å². The Bertz CT molecular complexity index is 320. The molecule has 1 unspecified atom stereocenters. The number of hydrogen-bond donors (Lipinski definition) is 1. The van der Waals surface area contributed by atoms with Gasteiger partial charge in [-0.2, -0.15) is 0 Å². The van der Waals surface area contributed by atoms with E-state index in [9.17, 15) is 4.79 Å². The Hall–Kier alpha value is 0.01000. The van der Waals surface area contributed by atoms with Crippen molar-refractivity contribution in [2.45, 2.75) is 17.2 Å². The topological polar surface area (TPSA) is 17.1 Å². The predicted octanol–water partition coefficient (Wildman–Crippen LogP) is 3.61. The molecule has 4 heteroatoms. The summed E-state index contributed by atoms with van der Waals surface area (Å²) in [7, 11) is 0. The fourth-order valence-electron chi connectivity index (χ4n) is 0.977. The number of carbonyl (C=O) groups excluding carboxylic acids is 1. The zero-order valence-corrected chi connectivity index (χ0v) is 10.2. The molecule has 0 bridgehead atoms. The normalized spacial score (nSPS) is 12.6. The van der Waals surface area contributed by atoms with Crippen LogP contribution in [0.1, 0.15) is 17.9 Å². The second-order valence-corrected chi connectivity index (χ2v) is 4.58. The minimum absolute atomic E-state index is 0.0625. The molecular formula is C9H8BrClOS. The maximum absolute atomic E-state index is 11.0. The summed E-state index contributed by atoms with van der Waals surface area (Å²) < 4.78 is 0.877. The molecule has 13 heavy (non-hydrogen) atoms. The van der Waals surface area contributed by atoms with Crippen molar-refractivity contribution in [3.05, 3.63) is 28.2 Å². The Morgan fingerprint density at radius 3 is 2.62 bits per heavy atom. The summed E-state index contributed by atoms with van der Waals surface area (Å²) in [6.45, 7) is 1.47. The molecule has 0 aliphatic carbocycles. The summed E-state index contributed by atoms with van der Waals surface area (Å²) in [5.41, 5.74) is 0.772. The fraction of sp³-hybridized carbons (Fsp3) is 0.222. The van der Waals surface area contributed by atoms with E-state index in [1.54, 1.807) is 6.07 Å². The standard InChI is InChI=1S/C9H8BrClOS/c1-5(12)9(11)6-2-7(10)4-8(13)3-6/h2-4,9,13H,1H3. The fourth-order valence-corrected chi connectivity index (χ4v) is 2.08. The minimum atomic E-state index is -0.580. The minimum Gasteiger partial charge on any atom is -0.298 e. The molecule has 1 atom stereocenters. The van der Waals surface area contributed by atoms with Crippen molar-refractivity contribution in [1.82, 2.24) is 0 Å². The maximum atomic E-state index is 11.0. The number of hydrogen-bond acceptors (Lipinski definition) is 2. The number of benzene rings is 1. The highest BCUT2D eigenvalue weighted by Gasteiger charge is 2.13. The zero-order valence-electron chi connectivity index (χ0n) is 6.92. The van der Waals surface area contributed by atoms with Crippen molar-refractivity contribution in [2.75, 3.05) is 0 Å². The molecule has 0 saturated heterocycles. The van der Waals surface area contributed by atoms with Crippen molar-refractivity contribution < 1.29 is 4.79 Å². The highest BCUT2D eigenvalue weighted by molar-refractivity contribution is 9.10. The predicted molar refractivity (Wildman–Crippen MR) is 60.7 cm³/mol. The second-order valence-electron chi connectivity index (χ2n) is 2.72. The number of thiol groups is 1. The van der Waals surface area contributed by atoms with Gasteiger partial charge >= 0.3 is 0 Å². The molecule has 0 amide bonds. The molecule has 1 aromatic carbocycles. The molecule has 0 aromatic heterocycles. The van der Waals surface area contributed by atoms with Gasteiger partial charge in [0.15, 0.2) is 5.78 Å². The Morgan fingerprint density at radius 1 is 1.54 bits per heavy atom. The maximum Gasteiger partial charge on any atom is 0.152 e. The van der Waals surface area contributed by atoms with Crippen LogP contribution >= 0.6 is 40.2 Å². The van der Waals surface area contributed by atoms with E-state index in [1.165, 1.54) is 6.92 Å². The van der Waals surface area contributed by atoms with Gasteiger partial charge in [0.05, 0.1) is 0 Å². The summed E-state index contributed by atoms with van der Waals surface area (Å²) in [4.78, 5) is 11.8. The van der Waals surface area contributed by atoms with Crippen LogP contribution in [0.4, 0.5) is 0 Å². The van der Waals surface area contributed by atoms with Gasteiger partial charge in [0.2, 0.25) is 0 Å². The van der Waals surface area contributed by atoms with E-state index in [-0.39, 0.29) is 5.78 Å². The average Bonchev–Trinajstić information content (AvgIpc) is 2.01. The SMILES string of the molecule is CC(=O)C(Cl)c1cc(S)cc(Br)c1. The Morgan fingerprint density at radius 2 is 2.15 bits per heavy atom. The van der Waals surface area contributed by atoms with Crippen LogP contribution in [0.3, 0.4) is 0 Å². The molecule has 0 heterocycles. The summed E-state index contributed by atoms with van der Waals surface area (Å²) in [6.07, 6.45) is 0. The van der Waals surface area contributed by atoms with E-state index < -0.39 is 5.38 Å². The van der Waals surface area contributed by atoms with Gasteiger partial charge in [-0.05, 0) is 30.7 Å². The third-order valence-electron chi connectivity index (χ3n) is 1.55. The van der Waals surface area contributed by atoms with Crippen LogP contribution in [0.15, 0.2) is 27.6 Å². The first-order chi connectivity index (χ1) is 6.00. The number of halogens is 2. The first-order valence-corrected chi connectivity index (χ1v) is 5.32. The van der Waals surface area contributed by atoms with Crippen molar-refractivity contribution in [3.8, 4) is 0 Å². The highest BCUT2D eigenvalue weighted by Crippen LogP contribution is 2.27. The lowest BCUT2D eigenvalue weighted by Crippen LogP contribution is -2.01. The van der Waals surface area contributed by atoms with Crippen LogP contribution in [-0.2, 0) is 4.79 Å². The summed E-state index contributed by atoms with van der Waals surface area (Å²) >= 11 is 13.4. The summed E-state index contributed by atoms with van der Waals surface area (Å²) in [5, 5.41) is -0.580. The smallest absolute Gasteiger partial charge is 0.152 e. The number of carbonyl (C=O) groups is 1. The molecule has 0 saturated carbocycles. The van der Waals surface area contributed by atoms with E-state index in [1.807, 2.05) is 12.1 Å². The van der Waals surface area contributed by atoms with Gasteiger partial charge in [-0.1, -0.05) is 15.9 Å². The monoisotopic (exact) mass is 278 g/mol. The quantitative estimate of drug-likeness (QED) is 0.646. The van der Waals surface area contributed by atoms with Crippen molar-refractivity contribution in [1.29, 1.82) is 0 Å². The van der Waals surface area contributed by atoms with Gasteiger partial charge in [0, 0.05) is 9.37 Å². The third-order valence-corrected chi connectivity index (χ3v) is 2.83. The molecule has 0 spiro atoms. The van der Waals surface area contributed by atoms with Crippen molar-refractivity contribution in [3.63, 3.8) is 0 Å². The molecule has 70 valence electrons. The van der Waals surface area contributed by atoms with Crippen LogP contribution in [0, 0.1) is 0 Å². The highest BCUT2D eigenvalue weighted by atomic mass is 79.9. The van der Waals surface area contributed by atoms with Crippen LogP contribution in [0.25, 0.3) is 0 Å². The van der Waals surface area contributed by atoms with Gasteiger partial charge in [0.25, 0.3) is 0 Å². The number of alkyl halides is 1. The molecule has 0 aliphatic heterocycles. The molecule has 0 aliphatic rings. The van der Waals surface area contributed by atoms with Gasteiger partial charge in [-0.25, -0.2) is 0 Å². The molecule has 0 radical (unpaired) electrons. The van der Waals surface area contributed by atoms with E-state index in [0.717, 1.165) is 14.9 Å². The third kappa shape index (κ3) is 3.01. The molecule has 1 rings (SSSR count). The molecule has 0 fully saturated rings. The molecule has 1 nitrogen and oxygen atoms in total. The van der Waals surface area contributed by atoms with E-state index in [4.69, 9.17) is 11.6 Å². The Balaban J connectivity index is 3.07. The van der Waals surface area contributed by atoms with Crippen molar-refractivity contribution >= 4 is 45.9 Å². The Labute approximate surface area is 96.0 Å². The average molecular weight is 280 g/mol. The van der Waals surface area contributed by atoms with Gasteiger partial charge < -0.3 is 0 Å². The number of rotatable bonds is 2. The molecule has 0 N–H and O–H groups in total. The van der Waals surface area contributed by atoms with Crippen LogP contribution in [0.2, 0.25) is 0 Å². The van der Waals surface area contributed by atoms with E-state index in [0.29, 0.717) is 0 Å². The summed E-state index contributed by atoms with van der Waals surface area (Å²) in [5.74, 6) is -0.0625. The molecular weight excluding hydrogens is 272 g/mol. The Kier molecular flexibility index (Phi) is 3.83.